The number of rotatable bonds is 6. The Morgan fingerprint density at radius 2 is 2.00 bits per heavy atom. The van der Waals surface area contributed by atoms with Gasteiger partial charge in [0, 0.05) is 30.1 Å². The molecular weight excluding hydrogens is 418 g/mol. The molecule has 3 heterocycles. The van der Waals surface area contributed by atoms with Crippen molar-refractivity contribution >= 4 is 23.2 Å². The van der Waals surface area contributed by atoms with E-state index in [2.05, 4.69) is 10.3 Å². The number of thiophene rings is 1. The molecule has 0 spiro atoms. The van der Waals surface area contributed by atoms with Crippen molar-refractivity contribution in [3.05, 3.63) is 64.2 Å². The molecule has 31 heavy (non-hydrogen) atoms. The third-order valence-corrected chi connectivity index (χ3v) is 6.04. The maximum Gasteiger partial charge on any atom is 0.275 e. The van der Waals surface area contributed by atoms with Gasteiger partial charge in [-0.1, -0.05) is 18.2 Å². The molecule has 0 radical (unpaired) electrons. The fourth-order valence-electron chi connectivity index (χ4n) is 3.37. The van der Waals surface area contributed by atoms with Crippen LogP contribution in [0.15, 0.2) is 52.5 Å². The summed E-state index contributed by atoms with van der Waals surface area (Å²) in [6, 6.07) is 11.2. The molecule has 2 aromatic heterocycles. The topological polar surface area (TPSA) is 116 Å². The largest absolute Gasteiger partial charge is 0.444 e. The second-order valence-corrected chi connectivity index (χ2v) is 8.47. The van der Waals surface area contributed by atoms with Gasteiger partial charge < -0.3 is 24.8 Å². The lowest BCUT2D eigenvalue weighted by molar-refractivity contribution is -0.120. The number of benzene rings is 1. The maximum atomic E-state index is 12.6. The van der Waals surface area contributed by atoms with Gasteiger partial charge in [-0.05, 0) is 35.6 Å². The van der Waals surface area contributed by atoms with Crippen LogP contribution in [0, 0.1) is 0 Å². The molecule has 1 aliphatic heterocycles. The summed E-state index contributed by atoms with van der Waals surface area (Å²) in [4.78, 5) is 31.4. The van der Waals surface area contributed by atoms with E-state index in [1.807, 2.05) is 41.8 Å². The predicted molar refractivity (Wildman–Crippen MR) is 114 cm³/mol. The monoisotopic (exact) mass is 441 g/mol. The molecule has 2 amide bonds. The van der Waals surface area contributed by atoms with E-state index in [9.17, 15) is 19.8 Å². The Morgan fingerprint density at radius 3 is 2.71 bits per heavy atom. The summed E-state index contributed by atoms with van der Waals surface area (Å²) in [7, 11) is 0. The second kappa shape index (κ2) is 9.42. The Bertz CT molecular complexity index is 1030. The average molecular weight is 442 g/mol. The van der Waals surface area contributed by atoms with Gasteiger partial charge in [0.15, 0.2) is 5.69 Å². The van der Waals surface area contributed by atoms with Gasteiger partial charge in [-0.15, -0.1) is 11.3 Å². The number of nitrogens with zero attached hydrogens (tertiary/aromatic N) is 2. The van der Waals surface area contributed by atoms with Crippen LogP contribution in [0.2, 0.25) is 0 Å². The molecule has 1 fully saturated rings. The Morgan fingerprint density at radius 1 is 1.19 bits per heavy atom. The number of hydrogen-bond acceptors (Lipinski definition) is 7. The highest BCUT2D eigenvalue weighted by Gasteiger charge is 2.30. The number of piperidine rings is 1. The molecule has 0 unspecified atom stereocenters. The first-order chi connectivity index (χ1) is 15.0. The van der Waals surface area contributed by atoms with Gasteiger partial charge in [-0.2, -0.15) is 0 Å². The van der Waals surface area contributed by atoms with Crippen molar-refractivity contribution in [3.8, 4) is 11.5 Å². The molecule has 2 atom stereocenters. The van der Waals surface area contributed by atoms with Crippen LogP contribution < -0.4 is 5.32 Å². The van der Waals surface area contributed by atoms with Crippen molar-refractivity contribution in [1.29, 1.82) is 0 Å². The van der Waals surface area contributed by atoms with Gasteiger partial charge in [-0.25, -0.2) is 4.98 Å². The first kappa shape index (κ1) is 21.2. The van der Waals surface area contributed by atoms with Crippen molar-refractivity contribution in [2.24, 2.45) is 0 Å². The molecule has 162 valence electrons. The average Bonchev–Trinajstić information content (AvgIpc) is 3.46. The predicted octanol–water partition coefficient (Wildman–Crippen LogP) is 1.83. The van der Waals surface area contributed by atoms with E-state index in [1.54, 1.807) is 11.3 Å². The lowest BCUT2D eigenvalue weighted by Gasteiger charge is -2.32. The zero-order chi connectivity index (χ0) is 21.8. The minimum absolute atomic E-state index is 0.0299. The summed E-state index contributed by atoms with van der Waals surface area (Å²) in [6.45, 7) is 0.837. The number of likely N-dealkylation sites (tertiary alicyclic amines) is 1. The minimum atomic E-state index is -0.956. The summed E-state index contributed by atoms with van der Waals surface area (Å²) in [5, 5.41) is 24.2. The number of hydrogen-bond donors (Lipinski definition) is 3. The standard InChI is InChI=1S/C22H23N3O5S/c26-18-7-8-25(12-19(18)27)22(29)17-13-30-21(24-17)15-5-3-14(4-6-15)11-23-20(28)10-16-2-1-9-31-16/h1-6,9,13,18-19,26-27H,7-8,10-12H2,(H,23,28)/t18-,19-/m0/s1. The fourth-order valence-corrected chi connectivity index (χ4v) is 4.07. The summed E-state index contributed by atoms with van der Waals surface area (Å²) in [5.74, 6) is -0.0574. The summed E-state index contributed by atoms with van der Waals surface area (Å²) >= 11 is 1.56. The van der Waals surface area contributed by atoms with E-state index in [1.165, 1.54) is 11.2 Å². The zero-order valence-electron chi connectivity index (χ0n) is 16.7. The molecule has 8 nitrogen and oxygen atoms in total. The number of aromatic nitrogens is 1. The normalized spacial score (nSPS) is 18.7. The molecule has 0 aliphatic carbocycles. The molecule has 0 saturated carbocycles. The van der Waals surface area contributed by atoms with E-state index < -0.39 is 12.2 Å². The Balaban J connectivity index is 1.33. The second-order valence-electron chi connectivity index (χ2n) is 7.44. The quantitative estimate of drug-likeness (QED) is 0.538. The van der Waals surface area contributed by atoms with Crippen LogP contribution in [0.25, 0.3) is 11.5 Å². The highest BCUT2D eigenvalue weighted by molar-refractivity contribution is 7.10. The SMILES string of the molecule is O=C(Cc1cccs1)NCc1ccc(-c2nc(C(=O)N3CC[C@H](O)[C@@H](O)C3)co2)cc1. The first-order valence-corrected chi connectivity index (χ1v) is 10.9. The molecule has 4 rings (SSSR count). The number of aliphatic hydroxyl groups excluding tert-OH is 2. The van der Waals surface area contributed by atoms with Crippen LogP contribution in [-0.4, -0.2) is 57.2 Å². The van der Waals surface area contributed by atoms with E-state index in [0.717, 1.165) is 10.4 Å². The lowest BCUT2D eigenvalue weighted by atomic mass is 10.0. The molecular formula is C22H23N3O5S. The Hall–Kier alpha value is -3.01. The molecule has 0 bridgehead atoms. The Kier molecular flexibility index (Phi) is 6.45. The summed E-state index contributed by atoms with van der Waals surface area (Å²) in [5.41, 5.74) is 1.80. The minimum Gasteiger partial charge on any atom is -0.444 e. The number of carbonyl (C=O) groups excluding carboxylic acids is 2. The molecule has 1 aromatic carbocycles. The van der Waals surface area contributed by atoms with Gasteiger partial charge in [0.2, 0.25) is 11.8 Å². The molecule has 1 saturated heterocycles. The van der Waals surface area contributed by atoms with Gasteiger partial charge in [-0.3, -0.25) is 9.59 Å². The summed E-state index contributed by atoms with van der Waals surface area (Å²) < 4.78 is 5.47. The molecule has 3 aromatic rings. The van der Waals surface area contributed by atoms with Crippen molar-refractivity contribution in [2.45, 2.75) is 31.6 Å². The number of aliphatic hydroxyl groups is 2. The van der Waals surface area contributed by atoms with Crippen LogP contribution >= 0.6 is 11.3 Å². The molecule has 9 heteroatoms. The Labute approximate surface area is 183 Å². The summed E-state index contributed by atoms with van der Waals surface area (Å²) in [6.07, 6.45) is 0.227. The molecule has 1 aliphatic rings. The molecule has 3 N–H and O–H groups in total. The first-order valence-electron chi connectivity index (χ1n) is 9.99. The van der Waals surface area contributed by atoms with Gasteiger partial charge in [0.1, 0.15) is 6.26 Å². The van der Waals surface area contributed by atoms with Crippen LogP contribution in [0.3, 0.4) is 0 Å². The number of amides is 2. The van der Waals surface area contributed by atoms with Crippen molar-refractivity contribution in [1.82, 2.24) is 15.2 Å². The number of β-amino-alcohol motifs (C(OH)–C–C–N with tert-alkyl or cyclic N) is 1. The van der Waals surface area contributed by atoms with Crippen LogP contribution in [-0.2, 0) is 17.8 Å². The third-order valence-electron chi connectivity index (χ3n) is 5.16. The fraction of sp³-hybridized carbons (Fsp3) is 0.318. The number of oxazole rings is 1. The van der Waals surface area contributed by atoms with E-state index >= 15 is 0 Å². The van der Waals surface area contributed by atoms with Crippen molar-refractivity contribution in [3.63, 3.8) is 0 Å². The van der Waals surface area contributed by atoms with E-state index in [4.69, 9.17) is 4.42 Å². The van der Waals surface area contributed by atoms with Crippen LogP contribution in [0.5, 0.6) is 0 Å². The zero-order valence-corrected chi connectivity index (χ0v) is 17.5. The maximum absolute atomic E-state index is 12.6. The van der Waals surface area contributed by atoms with Crippen LogP contribution in [0.4, 0.5) is 0 Å². The van der Waals surface area contributed by atoms with Crippen molar-refractivity contribution in [2.75, 3.05) is 13.1 Å². The third kappa shape index (κ3) is 5.19. The van der Waals surface area contributed by atoms with Crippen LogP contribution in [0.1, 0.15) is 27.3 Å². The van der Waals surface area contributed by atoms with Gasteiger partial charge in [0.25, 0.3) is 5.91 Å². The van der Waals surface area contributed by atoms with E-state index in [0.29, 0.717) is 37.4 Å². The number of carbonyl (C=O) groups is 2. The van der Waals surface area contributed by atoms with Crippen molar-refractivity contribution < 1.29 is 24.2 Å². The highest BCUT2D eigenvalue weighted by Crippen LogP contribution is 2.21. The van der Waals surface area contributed by atoms with E-state index in [-0.39, 0.29) is 24.1 Å². The van der Waals surface area contributed by atoms with Gasteiger partial charge >= 0.3 is 0 Å². The lowest BCUT2D eigenvalue weighted by Crippen LogP contribution is -2.49. The smallest absolute Gasteiger partial charge is 0.275 e. The number of nitrogens with one attached hydrogen (secondary N) is 1. The highest BCUT2D eigenvalue weighted by atomic mass is 32.1. The van der Waals surface area contributed by atoms with Gasteiger partial charge in [0.05, 0.1) is 18.6 Å².